The number of rotatable bonds is 2. The number of aromatic amines is 1. The molecule has 1 aliphatic heterocycles. The standard InChI is InChI=1S/C16H25N3O2S/c1-10(2)14-13-15(17-12(20)9-22-14)19(18-16(13)21)11-7-5-3-4-6-8-11/h10-11,14H,3-9H2,1-2H3,(H,17,20)(H,18,21)/t14-/m0/s1. The summed E-state index contributed by atoms with van der Waals surface area (Å²) in [5, 5.41) is 6.08. The zero-order valence-electron chi connectivity index (χ0n) is 13.4. The highest BCUT2D eigenvalue weighted by molar-refractivity contribution is 8.00. The van der Waals surface area contributed by atoms with E-state index in [1.165, 1.54) is 25.7 Å². The third kappa shape index (κ3) is 2.98. The fraction of sp³-hybridized carbons (Fsp3) is 0.750. The Morgan fingerprint density at radius 3 is 2.45 bits per heavy atom. The smallest absolute Gasteiger partial charge is 0.270 e. The van der Waals surface area contributed by atoms with Gasteiger partial charge in [0.25, 0.3) is 5.56 Å². The van der Waals surface area contributed by atoms with Crippen molar-refractivity contribution in [2.45, 2.75) is 63.7 Å². The van der Waals surface area contributed by atoms with Crippen molar-refractivity contribution in [2.24, 2.45) is 5.92 Å². The highest BCUT2D eigenvalue weighted by atomic mass is 32.2. The van der Waals surface area contributed by atoms with Crippen molar-refractivity contribution in [1.29, 1.82) is 0 Å². The van der Waals surface area contributed by atoms with Crippen molar-refractivity contribution in [3.8, 4) is 0 Å². The molecule has 1 fully saturated rings. The molecule has 1 aliphatic carbocycles. The second-order valence-electron chi connectivity index (χ2n) is 6.74. The molecule has 1 saturated carbocycles. The monoisotopic (exact) mass is 323 g/mol. The molecular formula is C16H25N3O2S. The van der Waals surface area contributed by atoms with Crippen LogP contribution in [0.15, 0.2) is 4.79 Å². The molecule has 3 rings (SSSR count). The van der Waals surface area contributed by atoms with Crippen LogP contribution in [0.3, 0.4) is 0 Å². The first-order chi connectivity index (χ1) is 10.6. The predicted octanol–water partition coefficient (Wildman–Crippen LogP) is 3.45. The molecule has 2 N–H and O–H groups in total. The van der Waals surface area contributed by atoms with Gasteiger partial charge in [-0.25, -0.2) is 0 Å². The van der Waals surface area contributed by atoms with Crippen molar-refractivity contribution in [3.63, 3.8) is 0 Å². The van der Waals surface area contributed by atoms with Crippen LogP contribution < -0.4 is 10.9 Å². The summed E-state index contributed by atoms with van der Waals surface area (Å²) in [6, 6.07) is 0.301. The van der Waals surface area contributed by atoms with Crippen LogP contribution in [-0.4, -0.2) is 21.4 Å². The van der Waals surface area contributed by atoms with Gasteiger partial charge in [0.1, 0.15) is 5.82 Å². The van der Waals surface area contributed by atoms with Crippen molar-refractivity contribution >= 4 is 23.5 Å². The van der Waals surface area contributed by atoms with Crippen LogP contribution >= 0.6 is 11.8 Å². The molecule has 0 bridgehead atoms. The van der Waals surface area contributed by atoms with Crippen LogP contribution in [0.1, 0.15) is 69.2 Å². The van der Waals surface area contributed by atoms with E-state index in [1.54, 1.807) is 11.8 Å². The molecule has 1 atom stereocenters. The van der Waals surface area contributed by atoms with E-state index in [1.807, 2.05) is 4.68 Å². The molecule has 2 heterocycles. The maximum atomic E-state index is 12.5. The van der Waals surface area contributed by atoms with Crippen LogP contribution in [0.4, 0.5) is 5.82 Å². The first-order valence-electron chi connectivity index (χ1n) is 8.33. The summed E-state index contributed by atoms with van der Waals surface area (Å²) in [5.41, 5.74) is 0.725. The first-order valence-corrected chi connectivity index (χ1v) is 9.38. The van der Waals surface area contributed by atoms with Crippen LogP contribution in [-0.2, 0) is 4.79 Å². The van der Waals surface area contributed by atoms with Gasteiger partial charge in [-0.15, -0.1) is 11.8 Å². The lowest BCUT2D eigenvalue weighted by molar-refractivity contribution is -0.113. The van der Waals surface area contributed by atoms with Gasteiger partial charge >= 0.3 is 0 Å². The number of fused-ring (bicyclic) bond motifs is 1. The lowest BCUT2D eigenvalue weighted by Crippen LogP contribution is -2.19. The average molecular weight is 323 g/mol. The highest BCUT2D eigenvalue weighted by Gasteiger charge is 2.32. The summed E-state index contributed by atoms with van der Waals surface area (Å²) in [4.78, 5) is 24.6. The lowest BCUT2D eigenvalue weighted by atomic mass is 10.0. The largest absolute Gasteiger partial charge is 0.310 e. The van der Waals surface area contributed by atoms with Gasteiger partial charge in [-0.2, -0.15) is 0 Å². The molecule has 0 aromatic carbocycles. The van der Waals surface area contributed by atoms with E-state index in [9.17, 15) is 9.59 Å². The van der Waals surface area contributed by atoms with Crippen molar-refractivity contribution in [2.75, 3.05) is 11.1 Å². The summed E-state index contributed by atoms with van der Waals surface area (Å²) < 4.78 is 1.96. The quantitative estimate of drug-likeness (QED) is 0.819. The Kier molecular flexibility index (Phi) is 4.66. The maximum Gasteiger partial charge on any atom is 0.270 e. The Balaban J connectivity index is 2.04. The molecule has 1 aromatic rings. The summed E-state index contributed by atoms with van der Waals surface area (Å²) in [7, 11) is 0. The summed E-state index contributed by atoms with van der Waals surface area (Å²) >= 11 is 1.58. The topological polar surface area (TPSA) is 66.9 Å². The highest BCUT2D eigenvalue weighted by Crippen LogP contribution is 2.41. The zero-order chi connectivity index (χ0) is 15.7. The fourth-order valence-corrected chi connectivity index (χ4v) is 4.76. The van der Waals surface area contributed by atoms with Crippen LogP contribution in [0.5, 0.6) is 0 Å². The summed E-state index contributed by atoms with van der Waals surface area (Å²) in [5.74, 6) is 1.46. The predicted molar refractivity (Wildman–Crippen MR) is 90.5 cm³/mol. The molecule has 0 radical (unpaired) electrons. The first kappa shape index (κ1) is 15.7. The van der Waals surface area contributed by atoms with E-state index in [2.05, 4.69) is 24.3 Å². The average Bonchev–Trinajstić information content (AvgIpc) is 2.70. The zero-order valence-corrected chi connectivity index (χ0v) is 14.2. The fourth-order valence-electron chi connectivity index (χ4n) is 3.59. The maximum absolute atomic E-state index is 12.5. The number of nitrogens with one attached hydrogen (secondary N) is 2. The minimum atomic E-state index is -0.0346. The van der Waals surface area contributed by atoms with E-state index in [0.717, 1.165) is 24.2 Å². The molecule has 0 saturated heterocycles. The normalized spacial score (nSPS) is 23.8. The van der Waals surface area contributed by atoms with Crippen LogP contribution in [0.25, 0.3) is 0 Å². The summed E-state index contributed by atoms with van der Waals surface area (Å²) in [6.07, 6.45) is 7.06. The molecule has 2 aliphatic rings. The number of hydrogen-bond donors (Lipinski definition) is 2. The Bertz CT molecular complexity index is 597. The third-order valence-electron chi connectivity index (χ3n) is 4.69. The summed E-state index contributed by atoms with van der Waals surface area (Å²) in [6.45, 7) is 4.22. The van der Waals surface area contributed by atoms with Crippen molar-refractivity contribution in [1.82, 2.24) is 9.78 Å². The van der Waals surface area contributed by atoms with E-state index in [-0.39, 0.29) is 16.7 Å². The molecule has 122 valence electrons. The van der Waals surface area contributed by atoms with E-state index < -0.39 is 0 Å². The number of thioether (sulfide) groups is 1. The minimum absolute atomic E-state index is 0.00391. The number of nitrogens with zero attached hydrogens (tertiary/aromatic N) is 1. The molecule has 0 unspecified atom stereocenters. The molecule has 1 aromatic heterocycles. The molecule has 6 heteroatoms. The van der Waals surface area contributed by atoms with Gasteiger partial charge in [-0.3, -0.25) is 19.4 Å². The van der Waals surface area contributed by atoms with Crippen molar-refractivity contribution < 1.29 is 4.79 Å². The number of carbonyl (C=O) groups is 1. The van der Waals surface area contributed by atoms with E-state index in [4.69, 9.17) is 0 Å². The number of amides is 1. The van der Waals surface area contributed by atoms with Gasteiger partial charge in [0, 0.05) is 5.25 Å². The molecule has 0 spiro atoms. The van der Waals surface area contributed by atoms with Crippen LogP contribution in [0, 0.1) is 5.92 Å². The van der Waals surface area contributed by atoms with Gasteiger partial charge in [-0.05, 0) is 18.8 Å². The Morgan fingerprint density at radius 1 is 1.14 bits per heavy atom. The second-order valence-corrected chi connectivity index (χ2v) is 7.87. The Morgan fingerprint density at radius 2 is 1.82 bits per heavy atom. The SMILES string of the molecule is CC(C)[C@@H]1SCC(=O)Nc2c1c(=O)[nH]n2C1CCCCCC1. The Hall–Kier alpha value is -1.17. The van der Waals surface area contributed by atoms with Gasteiger partial charge in [0.2, 0.25) is 5.91 Å². The lowest BCUT2D eigenvalue weighted by Gasteiger charge is -2.20. The van der Waals surface area contributed by atoms with Gasteiger partial charge in [0.05, 0.1) is 17.4 Å². The van der Waals surface area contributed by atoms with Gasteiger partial charge in [0.15, 0.2) is 0 Å². The van der Waals surface area contributed by atoms with Crippen molar-refractivity contribution in [3.05, 3.63) is 15.9 Å². The second kappa shape index (κ2) is 6.52. The number of carbonyl (C=O) groups excluding carboxylic acids is 1. The number of anilines is 1. The molecule has 5 nitrogen and oxygen atoms in total. The minimum Gasteiger partial charge on any atom is -0.310 e. The van der Waals surface area contributed by atoms with Crippen LogP contribution in [0.2, 0.25) is 0 Å². The number of H-pyrrole nitrogens is 1. The van der Waals surface area contributed by atoms with Gasteiger partial charge < -0.3 is 5.32 Å². The third-order valence-corrected chi connectivity index (χ3v) is 6.26. The molecule has 1 amide bonds. The Labute approximate surface area is 135 Å². The number of aromatic nitrogens is 2. The number of hydrogen-bond acceptors (Lipinski definition) is 3. The molecule has 22 heavy (non-hydrogen) atoms. The van der Waals surface area contributed by atoms with E-state index in [0.29, 0.717) is 17.7 Å². The molecular weight excluding hydrogens is 298 g/mol. The van der Waals surface area contributed by atoms with Gasteiger partial charge in [-0.1, -0.05) is 39.5 Å². The van der Waals surface area contributed by atoms with E-state index >= 15 is 0 Å².